The van der Waals surface area contributed by atoms with E-state index in [0.717, 1.165) is 0 Å². The van der Waals surface area contributed by atoms with E-state index in [1.165, 1.54) is 0 Å². The Kier molecular flexibility index (Phi) is 20.2. The Morgan fingerprint density at radius 3 is 0.929 bits per heavy atom. The van der Waals surface area contributed by atoms with Crippen molar-refractivity contribution in [1.82, 2.24) is 0 Å². The third-order valence-corrected chi connectivity index (χ3v) is 0. The average Bonchev–Trinajstić information content (AvgIpc) is 1.52. The number of rotatable bonds is 0. The molecule has 5 N–H and O–H groups in total. The molecule has 0 rings (SSSR count). The van der Waals surface area contributed by atoms with Crippen LogP contribution >= 0.6 is 0 Å². The van der Waals surface area contributed by atoms with Crippen LogP contribution in [0.15, 0.2) is 0 Å². The summed E-state index contributed by atoms with van der Waals surface area (Å²) >= 11 is 0. The molecule has 0 amide bonds. The normalized spacial score (nSPS) is 8.86. The van der Waals surface area contributed by atoms with Gasteiger partial charge in [-0.2, -0.15) is 16.8 Å². The minimum atomic E-state index is -4.67. The Morgan fingerprint density at radius 2 is 0.929 bits per heavy atom. The predicted molar refractivity (Wildman–Crippen MR) is 44.9 cm³/mol. The van der Waals surface area contributed by atoms with E-state index in [1.807, 2.05) is 0 Å². The van der Waals surface area contributed by atoms with Gasteiger partial charge in [-0.25, -0.2) is 0 Å². The zero-order valence-corrected chi connectivity index (χ0v) is 7.27. The van der Waals surface area contributed by atoms with Gasteiger partial charge < -0.3 is 0 Å². The third-order valence-electron chi connectivity index (χ3n) is 0. The van der Waals surface area contributed by atoms with Crippen LogP contribution in [0.25, 0.3) is 10.4 Å². The van der Waals surface area contributed by atoms with Gasteiger partial charge in [-0.1, -0.05) is 0 Å². The zero-order chi connectivity index (χ0) is 11.7. The molecule has 0 saturated heterocycles. The summed E-state index contributed by atoms with van der Waals surface area (Å²) in [6, 6.07) is 0. The summed E-state index contributed by atoms with van der Waals surface area (Å²) in [5.41, 5.74) is 12.2. The molecule has 0 fully saturated rings. The Balaban J connectivity index is -0.0000000535. The number of hydrogen-bond acceptors (Lipinski definition) is 5. The molecule has 0 aliphatic heterocycles. The van der Waals surface area contributed by atoms with E-state index in [4.69, 9.17) is 46.1 Å². The molecule has 0 spiro atoms. The topological polar surface area (TPSA) is 209 Å². The van der Waals surface area contributed by atoms with Crippen LogP contribution < -0.4 is 0 Å². The van der Waals surface area contributed by atoms with Crippen LogP contribution in [-0.2, 0) is 20.8 Å². The second-order valence-corrected chi connectivity index (χ2v) is 2.79. The van der Waals surface area contributed by atoms with Gasteiger partial charge in [0.05, 0.1) is 0 Å². The molecule has 11 nitrogen and oxygen atoms in total. The zero-order valence-electron chi connectivity index (χ0n) is 5.63. The molecule has 0 heterocycles. The Labute approximate surface area is 121 Å². The van der Waals surface area contributed by atoms with Crippen molar-refractivity contribution < 1.29 is 35.0 Å². The molecule has 0 saturated carbocycles. The molecule has 0 unspecified atom stereocenters. The molecule has 0 aliphatic carbocycles. The minimum absolute atomic E-state index is 0. The van der Waals surface area contributed by atoms with Crippen LogP contribution in [0.2, 0.25) is 0 Å². The Bertz CT molecular complexity index is 287. The minimum Gasteiger partial charge on any atom is -0.108 e. The molecular weight excluding hydrogens is 273 g/mol. The first-order valence-corrected chi connectivity index (χ1v) is 4.61. The monoisotopic (exact) mass is 279 g/mol. The van der Waals surface area contributed by atoms with Crippen LogP contribution in [0, 0.1) is 5.53 Å². The van der Waals surface area contributed by atoms with Crippen LogP contribution in [0.1, 0.15) is 0 Å². The first-order chi connectivity index (χ1) is 5.41. The third kappa shape index (κ3) is 3680. The maximum absolute atomic E-state index is 8.74. The van der Waals surface area contributed by atoms with Crippen molar-refractivity contribution in [3.63, 3.8) is 0 Å². The first-order valence-electron chi connectivity index (χ1n) is 1.82. The van der Waals surface area contributed by atoms with E-state index < -0.39 is 20.8 Å². The molecule has 0 aliphatic rings. The molecule has 14 heavy (non-hydrogen) atoms. The summed E-state index contributed by atoms with van der Waals surface area (Å²) in [5.74, 6) is 0. The van der Waals surface area contributed by atoms with E-state index in [0.29, 0.717) is 0 Å². The van der Waals surface area contributed by atoms with Gasteiger partial charge >= 0.3 is 72.2 Å². The molecule has 0 radical (unpaired) electrons. The summed E-state index contributed by atoms with van der Waals surface area (Å²) in [5, 5.41) is 0. The van der Waals surface area contributed by atoms with Gasteiger partial charge in [0.1, 0.15) is 0 Å². The molecule has 0 aromatic heterocycles. The molecule has 0 atom stereocenters. The van der Waals surface area contributed by atoms with Crippen LogP contribution in [0.4, 0.5) is 0 Å². The van der Waals surface area contributed by atoms with E-state index in [2.05, 4.69) is 0 Å². The summed E-state index contributed by atoms with van der Waals surface area (Å²) in [6.45, 7) is 0. The van der Waals surface area contributed by atoms with Crippen LogP contribution in [0.5, 0.6) is 0 Å². The summed E-state index contributed by atoms with van der Waals surface area (Å²) in [6.07, 6.45) is 0. The molecule has 0 bridgehead atoms. The summed E-state index contributed by atoms with van der Waals surface area (Å²) < 4.78 is 63.2. The molecule has 0 aromatic carbocycles. The molecule has 14 heteroatoms. The standard InChI is InChI=1S/K.HN3.2H2O4S.H/c;1-3-2;2*1-5(2,3)4;/h;1H;2*(H2,1,2,3,4);. The Hall–Kier alpha value is 0.686. The van der Waals surface area contributed by atoms with Crippen molar-refractivity contribution in [3.8, 4) is 0 Å². The van der Waals surface area contributed by atoms with Gasteiger partial charge in [-0.3, -0.25) is 18.2 Å². The average molecular weight is 279 g/mol. The Morgan fingerprint density at radius 1 is 0.929 bits per heavy atom. The van der Waals surface area contributed by atoms with Gasteiger partial charge in [0.2, 0.25) is 0 Å². The van der Waals surface area contributed by atoms with Crippen molar-refractivity contribution in [2.75, 3.05) is 0 Å². The van der Waals surface area contributed by atoms with Crippen molar-refractivity contribution in [1.29, 1.82) is 5.53 Å². The van der Waals surface area contributed by atoms with Crippen LogP contribution in [-0.4, -0.2) is 86.4 Å². The van der Waals surface area contributed by atoms with E-state index in [-0.39, 0.29) is 51.4 Å². The molecule has 0 aromatic rings. The van der Waals surface area contributed by atoms with Crippen molar-refractivity contribution in [3.05, 3.63) is 10.4 Å². The second kappa shape index (κ2) is 11.8. The van der Waals surface area contributed by atoms with Gasteiger partial charge in [-0.15, -0.1) is 5.53 Å². The maximum Gasteiger partial charge on any atom is -0.00208 e. The van der Waals surface area contributed by atoms with Crippen molar-refractivity contribution >= 4 is 72.2 Å². The predicted octanol–water partition coefficient (Wildman–Crippen LogP) is -1.08. The van der Waals surface area contributed by atoms with Gasteiger partial charge in [0, 0.05) is 0 Å². The van der Waals surface area contributed by atoms with Crippen LogP contribution in [0.3, 0.4) is 0 Å². The molecule has 82 valence electrons. The van der Waals surface area contributed by atoms with E-state index in [1.54, 1.807) is 4.91 Å². The fourth-order valence-corrected chi connectivity index (χ4v) is 0. The number of nitrogens with zero attached hydrogens (tertiary/aromatic N) is 2. The van der Waals surface area contributed by atoms with Crippen molar-refractivity contribution in [2.24, 2.45) is 0 Å². The van der Waals surface area contributed by atoms with E-state index in [9.17, 15) is 0 Å². The quantitative estimate of drug-likeness (QED) is 0.121. The maximum atomic E-state index is 8.74. The smallest absolute Gasteiger partial charge is 0.00208 e. The van der Waals surface area contributed by atoms with Gasteiger partial charge in [-0.05, 0) is 10.4 Å². The summed E-state index contributed by atoms with van der Waals surface area (Å²) in [7, 11) is -9.33. The number of hydrogen-bond donors (Lipinski definition) is 5. The molecular formula is H6KN3O8S2. The fourth-order valence-electron chi connectivity index (χ4n) is 0. The number of nitrogens with one attached hydrogen (secondary N) is 1. The second-order valence-electron chi connectivity index (χ2n) is 0.996. The SMILES string of the molecule is O=S(=O)(O)O.O=S(=O)(O)O.[KH].[N-]=[N+]=N. The largest absolute Gasteiger partial charge is 0.108 e. The van der Waals surface area contributed by atoms with Gasteiger partial charge in [0.15, 0.2) is 0 Å². The van der Waals surface area contributed by atoms with Crippen molar-refractivity contribution in [2.45, 2.75) is 0 Å². The first kappa shape index (κ1) is 24.1. The fraction of sp³-hybridized carbons (Fsp3) is 0. The summed E-state index contributed by atoms with van der Waals surface area (Å²) in [4.78, 5) is 1.75. The van der Waals surface area contributed by atoms with Gasteiger partial charge in [0.25, 0.3) is 0 Å². The van der Waals surface area contributed by atoms with E-state index >= 15 is 0 Å².